The number of hydrogen-bond acceptors (Lipinski definition) is 4. The molecule has 4 heteroatoms. The van der Waals surface area contributed by atoms with Gasteiger partial charge in [0, 0.05) is 11.6 Å². The molecule has 10 heavy (non-hydrogen) atoms. The summed E-state index contributed by atoms with van der Waals surface area (Å²) in [4.78, 5) is 4.68. The van der Waals surface area contributed by atoms with Crippen molar-refractivity contribution >= 4 is 5.57 Å². The molecule has 2 heterocycles. The molecular formula is C6H4N2O2. The lowest BCUT2D eigenvalue weighted by atomic mass is 10.2. The number of hydroxylamine groups is 1. The third-order valence-electron chi connectivity index (χ3n) is 1.14. The van der Waals surface area contributed by atoms with E-state index in [1.807, 2.05) is 0 Å². The van der Waals surface area contributed by atoms with E-state index in [9.17, 15) is 0 Å². The third kappa shape index (κ3) is 0.784. The molecule has 0 saturated heterocycles. The number of nitrogens with one attached hydrogen (secondary N) is 1. The molecule has 0 unspecified atom stereocenters. The molecular weight excluding hydrogens is 132 g/mol. The first kappa shape index (κ1) is 5.49. The maximum Gasteiger partial charge on any atom is 0.140 e. The fourth-order valence-electron chi connectivity index (χ4n) is 0.678. The fraction of sp³-hybridized carbons (Fsp3) is 0. The molecule has 2 rings (SSSR count). The lowest BCUT2D eigenvalue weighted by molar-refractivity contribution is 0.184. The Balaban J connectivity index is 2.28. The average molecular weight is 136 g/mol. The second-order valence-electron chi connectivity index (χ2n) is 1.76. The Hall–Kier alpha value is -1.29. The summed E-state index contributed by atoms with van der Waals surface area (Å²) in [6, 6.07) is 1.73. The first-order valence-electron chi connectivity index (χ1n) is 2.74. The summed E-state index contributed by atoms with van der Waals surface area (Å²) in [7, 11) is 0. The lowest BCUT2D eigenvalue weighted by Crippen LogP contribution is -1.98. The largest absolute Gasteiger partial charge is 0.415 e. The first-order valence-corrected chi connectivity index (χ1v) is 2.74. The summed E-state index contributed by atoms with van der Waals surface area (Å²) in [6.07, 6.45) is 3.01. The Labute approximate surface area is 57.4 Å². The zero-order valence-electron chi connectivity index (χ0n) is 5.00. The summed E-state index contributed by atoms with van der Waals surface area (Å²) < 4.78 is 4.61. The van der Waals surface area contributed by atoms with Crippen molar-refractivity contribution in [1.29, 1.82) is 0 Å². The van der Waals surface area contributed by atoms with Crippen molar-refractivity contribution < 1.29 is 9.36 Å². The molecule has 1 N–H and O–H groups in total. The van der Waals surface area contributed by atoms with Crippen molar-refractivity contribution in [2.24, 2.45) is 0 Å². The zero-order chi connectivity index (χ0) is 6.81. The van der Waals surface area contributed by atoms with Gasteiger partial charge in [0.25, 0.3) is 0 Å². The van der Waals surface area contributed by atoms with E-state index in [1.165, 1.54) is 12.5 Å². The van der Waals surface area contributed by atoms with Crippen LogP contribution >= 0.6 is 0 Å². The summed E-state index contributed by atoms with van der Waals surface area (Å²) in [6.45, 7) is 2.73. The molecule has 2 radical (unpaired) electrons. The van der Waals surface area contributed by atoms with Crippen LogP contribution in [0, 0.1) is 6.54 Å². The molecule has 0 spiro atoms. The number of nitrogens with zero attached hydrogens (tertiary/aromatic N) is 1. The van der Waals surface area contributed by atoms with Crippen LogP contribution in [0.25, 0.3) is 5.57 Å². The van der Waals surface area contributed by atoms with Crippen LogP contribution in [-0.4, -0.2) is 5.16 Å². The standard InChI is InChI=1S/C6H4N2O2/c1-2-9-8-6(1)5-3-7-10-4-5/h1-2,4,7H. The van der Waals surface area contributed by atoms with Crippen LogP contribution in [0.3, 0.4) is 0 Å². The Morgan fingerprint density at radius 1 is 1.60 bits per heavy atom. The maximum absolute atomic E-state index is 4.68. The summed E-state index contributed by atoms with van der Waals surface area (Å²) in [5.41, 5.74) is 3.91. The molecule has 0 aromatic carbocycles. The number of hydrogen-bond donors (Lipinski definition) is 1. The van der Waals surface area contributed by atoms with E-state index in [-0.39, 0.29) is 0 Å². The van der Waals surface area contributed by atoms with Gasteiger partial charge in [0.1, 0.15) is 24.8 Å². The van der Waals surface area contributed by atoms with Crippen molar-refractivity contribution in [1.82, 2.24) is 10.6 Å². The number of aromatic nitrogens is 1. The molecule has 50 valence electrons. The Bertz CT molecular complexity index is 240. The quantitative estimate of drug-likeness (QED) is 0.613. The predicted molar refractivity (Wildman–Crippen MR) is 31.9 cm³/mol. The van der Waals surface area contributed by atoms with Gasteiger partial charge in [-0.3, -0.25) is 0 Å². The van der Waals surface area contributed by atoms with E-state index < -0.39 is 0 Å². The molecule has 1 aromatic heterocycles. The fourth-order valence-corrected chi connectivity index (χ4v) is 0.678. The van der Waals surface area contributed by atoms with Gasteiger partial charge in [0.2, 0.25) is 0 Å². The Morgan fingerprint density at radius 2 is 2.60 bits per heavy atom. The zero-order valence-corrected chi connectivity index (χ0v) is 5.00. The van der Waals surface area contributed by atoms with Crippen molar-refractivity contribution in [2.45, 2.75) is 0 Å². The van der Waals surface area contributed by atoms with Gasteiger partial charge >= 0.3 is 0 Å². The van der Waals surface area contributed by atoms with Crippen LogP contribution < -0.4 is 5.48 Å². The van der Waals surface area contributed by atoms with Crippen LogP contribution in [0.4, 0.5) is 0 Å². The maximum atomic E-state index is 4.68. The molecule has 0 atom stereocenters. The van der Waals surface area contributed by atoms with Crippen LogP contribution in [0.5, 0.6) is 0 Å². The average Bonchev–Trinajstić information content (AvgIpc) is 2.59. The van der Waals surface area contributed by atoms with Crippen molar-refractivity contribution in [3.63, 3.8) is 0 Å². The highest BCUT2D eigenvalue weighted by atomic mass is 16.6. The van der Waals surface area contributed by atoms with Crippen LogP contribution in [-0.2, 0) is 4.84 Å². The first-order chi connectivity index (χ1) is 4.97. The van der Waals surface area contributed by atoms with Crippen LogP contribution in [0.2, 0.25) is 0 Å². The normalized spacial score (nSPS) is 16.6. The summed E-state index contributed by atoms with van der Waals surface area (Å²) >= 11 is 0. The SMILES string of the molecule is [C]1NOC=C1c1ccon1. The summed E-state index contributed by atoms with van der Waals surface area (Å²) in [5, 5.41) is 3.67. The topological polar surface area (TPSA) is 47.3 Å². The molecule has 1 aliphatic rings. The molecule has 1 aliphatic heterocycles. The van der Waals surface area contributed by atoms with E-state index >= 15 is 0 Å². The number of rotatable bonds is 1. The van der Waals surface area contributed by atoms with E-state index in [0.29, 0.717) is 5.69 Å². The highest BCUT2D eigenvalue weighted by Crippen LogP contribution is 2.16. The minimum absolute atomic E-state index is 0.713. The van der Waals surface area contributed by atoms with Gasteiger partial charge in [-0.25, -0.2) is 0 Å². The minimum Gasteiger partial charge on any atom is -0.415 e. The highest BCUT2D eigenvalue weighted by Gasteiger charge is 2.11. The lowest BCUT2D eigenvalue weighted by Gasteiger charge is -1.85. The second kappa shape index (κ2) is 2.15. The van der Waals surface area contributed by atoms with E-state index in [1.54, 1.807) is 6.07 Å². The summed E-state index contributed by atoms with van der Waals surface area (Å²) in [5.74, 6) is 0. The van der Waals surface area contributed by atoms with E-state index in [2.05, 4.69) is 26.5 Å². The van der Waals surface area contributed by atoms with Gasteiger partial charge in [-0.2, -0.15) is 0 Å². The van der Waals surface area contributed by atoms with Gasteiger partial charge in [0.05, 0.1) is 0 Å². The van der Waals surface area contributed by atoms with Crippen LogP contribution in [0.15, 0.2) is 23.1 Å². The molecule has 0 aliphatic carbocycles. The van der Waals surface area contributed by atoms with Gasteiger partial charge < -0.3 is 9.36 Å². The smallest absolute Gasteiger partial charge is 0.140 e. The monoisotopic (exact) mass is 136 g/mol. The van der Waals surface area contributed by atoms with Gasteiger partial charge in [-0.1, -0.05) is 5.16 Å². The van der Waals surface area contributed by atoms with Gasteiger partial charge in [-0.05, 0) is 0 Å². The van der Waals surface area contributed by atoms with E-state index in [4.69, 9.17) is 0 Å². The van der Waals surface area contributed by atoms with E-state index in [0.717, 1.165) is 5.57 Å². The molecule has 0 amide bonds. The molecule has 0 bridgehead atoms. The predicted octanol–water partition coefficient (Wildman–Crippen LogP) is 0.589. The minimum atomic E-state index is 0.713. The Kier molecular flexibility index (Phi) is 1.18. The second-order valence-corrected chi connectivity index (χ2v) is 1.76. The van der Waals surface area contributed by atoms with Crippen molar-refractivity contribution in [3.05, 3.63) is 30.8 Å². The van der Waals surface area contributed by atoms with Gasteiger partial charge in [0.15, 0.2) is 0 Å². The molecule has 0 fully saturated rings. The Morgan fingerprint density at radius 3 is 3.20 bits per heavy atom. The molecule has 1 aromatic rings. The van der Waals surface area contributed by atoms with Crippen LogP contribution in [0.1, 0.15) is 5.69 Å². The van der Waals surface area contributed by atoms with Gasteiger partial charge in [-0.15, -0.1) is 5.48 Å². The van der Waals surface area contributed by atoms with Crippen molar-refractivity contribution in [3.8, 4) is 0 Å². The highest BCUT2D eigenvalue weighted by molar-refractivity contribution is 5.68. The molecule has 4 nitrogen and oxygen atoms in total. The molecule has 0 saturated carbocycles. The third-order valence-corrected chi connectivity index (χ3v) is 1.14. The van der Waals surface area contributed by atoms with Crippen molar-refractivity contribution in [2.75, 3.05) is 0 Å².